The van der Waals surface area contributed by atoms with Gasteiger partial charge in [0.1, 0.15) is 5.15 Å². The molecule has 0 aromatic carbocycles. The van der Waals surface area contributed by atoms with Gasteiger partial charge < -0.3 is 5.11 Å². The summed E-state index contributed by atoms with van der Waals surface area (Å²) in [5, 5.41) is 10.0. The second-order valence-electron chi connectivity index (χ2n) is 4.66. The number of rotatable bonds is 6. The van der Waals surface area contributed by atoms with E-state index < -0.39 is 0 Å². The highest BCUT2D eigenvalue weighted by molar-refractivity contribution is 6.35. The van der Waals surface area contributed by atoms with Crippen LogP contribution in [0.25, 0.3) is 0 Å². The third kappa shape index (κ3) is 4.39. The molecule has 0 aliphatic carbocycles. The van der Waals surface area contributed by atoms with Crippen molar-refractivity contribution < 1.29 is 5.11 Å². The Kier molecular flexibility index (Phi) is 6.36. The summed E-state index contributed by atoms with van der Waals surface area (Å²) >= 11 is 12.4. The van der Waals surface area contributed by atoms with E-state index in [1.807, 2.05) is 13.0 Å². The van der Waals surface area contributed by atoms with Crippen molar-refractivity contribution in [1.29, 1.82) is 0 Å². The Morgan fingerprint density at radius 1 is 1.39 bits per heavy atom. The van der Waals surface area contributed by atoms with Gasteiger partial charge in [-0.2, -0.15) is 0 Å². The molecule has 1 aromatic heterocycles. The lowest BCUT2D eigenvalue weighted by Gasteiger charge is -2.27. The van der Waals surface area contributed by atoms with E-state index in [9.17, 15) is 0 Å². The maximum absolute atomic E-state index is 8.92. The van der Waals surface area contributed by atoms with Crippen LogP contribution in [-0.4, -0.2) is 34.2 Å². The molecule has 0 aliphatic heterocycles. The number of hydrogen-bond donors (Lipinski definition) is 1. The van der Waals surface area contributed by atoms with Crippen LogP contribution in [0.3, 0.4) is 0 Å². The van der Waals surface area contributed by atoms with E-state index in [1.54, 1.807) is 0 Å². The van der Waals surface area contributed by atoms with E-state index in [0.29, 0.717) is 22.8 Å². The van der Waals surface area contributed by atoms with Gasteiger partial charge in [0.2, 0.25) is 0 Å². The average Bonchev–Trinajstić information content (AvgIpc) is 2.26. The molecule has 0 radical (unpaired) electrons. The normalized spacial score (nSPS) is 11.6. The van der Waals surface area contributed by atoms with Gasteiger partial charge in [-0.15, -0.1) is 0 Å². The van der Waals surface area contributed by atoms with Gasteiger partial charge in [0.05, 0.1) is 0 Å². The average molecular weight is 291 g/mol. The summed E-state index contributed by atoms with van der Waals surface area (Å²) in [6, 6.07) is 2.19. The molecule has 0 fully saturated rings. The van der Waals surface area contributed by atoms with Gasteiger partial charge in [0, 0.05) is 42.0 Å². The summed E-state index contributed by atoms with van der Waals surface area (Å²) in [6.45, 7) is 7.75. The predicted molar refractivity (Wildman–Crippen MR) is 76.2 cm³/mol. The van der Waals surface area contributed by atoms with Crippen LogP contribution in [0, 0.1) is 6.92 Å². The summed E-state index contributed by atoms with van der Waals surface area (Å²) < 4.78 is 0. The van der Waals surface area contributed by atoms with Gasteiger partial charge in [-0.05, 0) is 33.3 Å². The highest BCUT2D eigenvalue weighted by atomic mass is 35.5. The summed E-state index contributed by atoms with van der Waals surface area (Å²) in [5.41, 5.74) is 1.68. The Labute approximate surface area is 119 Å². The number of aliphatic hydroxyl groups is 1. The largest absolute Gasteiger partial charge is 0.396 e. The molecule has 0 amide bonds. The fraction of sp³-hybridized carbons (Fsp3) is 0.615. The first-order valence-electron chi connectivity index (χ1n) is 6.12. The van der Waals surface area contributed by atoms with Crippen LogP contribution in [0.2, 0.25) is 10.2 Å². The number of halogens is 2. The zero-order valence-corrected chi connectivity index (χ0v) is 12.6. The van der Waals surface area contributed by atoms with Crippen molar-refractivity contribution in [2.45, 2.75) is 39.8 Å². The molecule has 0 saturated carbocycles. The number of nitrogens with zero attached hydrogens (tertiary/aromatic N) is 2. The molecule has 0 saturated heterocycles. The van der Waals surface area contributed by atoms with Crippen LogP contribution in [0.15, 0.2) is 6.07 Å². The first-order valence-corrected chi connectivity index (χ1v) is 6.87. The molecule has 0 unspecified atom stereocenters. The van der Waals surface area contributed by atoms with E-state index in [4.69, 9.17) is 28.3 Å². The van der Waals surface area contributed by atoms with E-state index in [2.05, 4.69) is 23.7 Å². The molecular formula is C13H20Cl2N2O. The van der Waals surface area contributed by atoms with Gasteiger partial charge in [-0.3, -0.25) is 4.90 Å². The van der Waals surface area contributed by atoms with Crippen molar-refractivity contribution in [2.75, 3.05) is 13.2 Å². The van der Waals surface area contributed by atoms with Gasteiger partial charge in [0.15, 0.2) is 0 Å². The predicted octanol–water partition coefficient (Wildman–Crippen LogP) is 3.29. The number of hydrogen-bond acceptors (Lipinski definition) is 3. The third-order valence-corrected chi connectivity index (χ3v) is 3.49. The van der Waals surface area contributed by atoms with Gasteiger partial charge in [-0.25, -0.2) is 4.98 Å². The van der Waals surface area contributed by atoms with Crippen LogP contribution < -0.4 is 0 Å². The SMILES string of the molecule is Cc1cc(Cl)c(CN(CCCO)C(C)C)c(Cl)n1. The summed E-state index contributed by atoms with van der Waals surface area (Å²) in [5.74, 6) is 0. The summed E-state index contributed by atoms with van der Waals surface area (Å²) in [4.78, 5) is 6.45. The lowest BCUT2D eigenvalue weighted by Crippen LogP contribution is -2.32. The molecule has 3 nitrogen and oxygen atoms in total. The Balaban J connectivity index is 2.86. The maximum atomic E-state index is 8.92. The van der Waals surface area contributed by atoms with Crippen LogP contribution >= 0.6 is 23.2 Å². The highest BCUT2D eigenvalue weighted by Gasteiger charge is 2.15. The molecule has 0 aliphatic rings. The van der Waals surface area contributed by atoms with Crippen LogP contribution in [0.5, 0.6) is 0 Å². The zero-order valence-electron chi connectivity index (χ0n) is 11.1. The van der Waals surface area contributed by atoms with Crippen molar-refractivity contribution >= 4 is 23.2 Å². The highest BCUT2D eigenvalue weighted by Crippen LogP contribution is 2.25. The first-order chi connectivity index (χ1) is 8.45. The minimum Gasteiger partial charge on any atom is -0.396 e. The Morgan fingerprint density at radius 2 is 2.06 bits per heavy atom. The molecule has 102 valence electrons. The maximum Gasteiger partial charge on any atom is 0.135 e. The number of aromatic nitrogens is 1. The minimum absolute atomic E-state index is 0.191. The molecule has 5 heteroatoms. The van der Waals surface area contributed by atoms with E-state index in [1.165, 1.54) is 0 Å². The molecule has 18 heavy (non-hydrogen) atoms. The fourth-order valence-corrected chi connectivity index (χ4v) is 2.41. The number of aryl methyl sites for hydroxylation is 1. The zero-order chi connectivity index (χ0) is 13.7. The van der Waals surface area contributed by atoms with Crippen LogP contribution in [-0.2, 0) is 6.54 Å². The quantitative estimate of drug-likeness (QED) is 0.817. The van der Waals surface area contributed by atoms with Crippen molar-refractivity contribution in [3.63, 3.8) is 0 Å². The lowest BCUT2D eigenvalue weighted by atomic mass is 10.2. The summed E-state index contributed by atoms with van der Waals surface area (Å²) in [6.07, 6.45) is 0.743. The smallest absolute Gasteiger partial charge is 0.135 e. The van der Waals surface area contributed by atoms with Crippen LogP contribution in [0.1, 0.15) is 31.5 Å². The first kappa shape index (κ1) is 15.7. The molecular weight excluding hydrogens is 271 g/mol. The van der Waals surface area contributed by atoms with Crippen LogP contribution in [0.4, 0.5) is 0 Å². The topological polar surface area (TPSA) is 36.4 Å². The summed E-state index contributed by atoms with van der Waals surface area (Å²) in [7, 11) is 0. The molecule has 1 heterocycles. The van der Waals surface area contributed by atoms with E-state index >= 15 is 0 Å². The Hall–Kier alpha value is -0.350. The standard InChI is InChI=1S/C13H20Cl2N2O/c1-9(2)17(5-4-6-18)8-11-12(14)7-10(3)16-13(11)15/h7,9,18H,4-6,8H2,1-3H3. The molecule has 0 atom stereocenters. The van der Waals surface area contributed by atoms with Crippen molar-refractivity contribution in [1.82, 2.24) is 9.88 Å². The van der Waals surface area contributed by atoms with E-state index in [0.717, 1.165) is 24.2 Å². The van der Waals surface area contributed by atoms with Gasteiger partial charge >= 0.3 is 0 Å². The Morgan fingerprint density at radius 3 is 2.56 bits per heavy atom. The second kappa shape index (κ2) is 7.29. The van der Waals surface area contributed by atoms with Gasteiger partial charge in [-0.1, -0.05) is 23.2 Å². The third-order valence-electron chi connectivity index (χ3n) is 2.84. The van der Waals surface area contributed by atoms with Crippen molar-refractivity contribution in [3.05, 3.63) is 27.5 Å². The monoisotopic (exact) mass is 290 g/mol. The fourth-order valence-electron chi connectivity index (χ4n) is 1.76. The molecule has 0 bridgehead atoms. The number of pyridine rings is 1. The van der Waals surface area contributed by atoms with Crippen molar-refractivity contribution in [2.24, 2.45) is 0 Å². The van der Waals surface area contributed by atoms with E-state index in [-0.39, 0.29) is 6.61 Å². The molecule has 1 rings (SSSR count). The lowest BCUT2D eigenvalue weighted by molar-refractivity contribution is 0.185. The molecule has 1 aromatic rings. The minimum atomic E-state index is 0.191. The molecule has 0 spiro atoms. The van der Waals surface area contributed by atoms with Crippen molar-refractivity contribution in [3.8, 4) is 0 Å². The van der Waals surface area contributed by atoms with Gasteiger partial charge in [0.25, 0.3) is 0 Å². The molecule has 1 N–H and O–H groups in total. The number of aliphatic hydroxyl groups excluding tert-OH is 1. The second-order valence-corrected chi connectivity index (χ2v) is 5.42. The Bertz CT molecular complexity index is 374.